The SMILES string of the molecule is Cc1nc(N2CCN(c3ccccc3Cl)CC2)c2c3c(sc2n1)C[C@@H](C)CC3. The highest BCUT2D eigenvalue weighted by Crippen LogP contribution is 2.41. The highest BCUT2D eigenvalue weighted by molar-refractivity contribution is 7.19. The Hall–Kier alpha value is -1.85. The minimum Gasteiger partial charge on any atom is -0.367 e. The third kappa shape index (κ3) is 3.15. The van der Waals surface area contributed by atoms with Gasteiger partial charge in [0.05, 0.1) is 16.1 Å². The molecule has 146 valence electrons. The van der Waals surface area contributed by atoms with Crippen LogP contribution in [0.15, 0.2) is 24.3 Å². The molecule has 2 aromatic heterocycles. The number of fused-ring (bicyclic) bond motifs is 3. The van der Waals surface area contributed by atoms with Crippen LogP contribution in [-0.2, 0) is 12.8 Å². The van der Waals surface area contributed by atoms with Crippen LogP contribution < -0.4 is 9.80 Å². The van der Waals surface area contributed by atoms with Gasteiger partial charge in [0.15, 0.2) is 0 Å². The molecule has 4 nitrogen and oxygen atoms in total. The van der Waals surface area contributed by atoms with Gasteiger partial charge in [0.2, 0.25) is 0 Å². The molecule has 0 radical (unpaired) electrons. The van der Waals surface area contributed by atoms with E-state index in [9.17, 15) is 0 Å². The zero-order valence-electron chi connectivity index (χ0n) is 16.4. The summed E-state index contributed by atoms with van der Waals surface area (Å²) in [5, 5.41) is 2.15. The van der Waals surface area contributed by atoms with E-state index in [2.05, 4.69) is 28.9 Å². The lowest BCUT2D eigenvalue weighted by molar-refractivity contribution is 0.509. The van der Waals surface area contributed by atoms with Gasteiger partial charge in [-0.05, 0) is 49.8 Å². The summed E-state index contributed by atoms with van der Waals surface area (Å²) in [6, 6.07) is 8.13. The Bertz CT molecular complexity index is 1020. The average molecular weight is 413 g/mol. The number of rotatable bonds is 2. The lowest BCUT2D eigenvalue weighted by atomic mass is 9.89. The Morgan fingerprint density at radius 2 is 1.82 bits per heavy atom. The van der Waals surface area contributed by atoms with E-state index in [1.807, 2.05) is 30.4 Å². The molecule has 1 fully saturated rings. The van der Waals surface area contributed by atoms with E-state index in [4.69, 9.17) is 21.6 Å². The molecular weight excluding hydrogens is 388 g/mol. The Morgan fingerprint density at radius 1 is 1.07 bits per heavy atom. The molecule has 2 aliphatic rings. The van der Waals surface area contributed by atoms with Crippen molar-refractivity contribution in [2.24, 2.45) is 5.92 Å². The first kappa shape index (κ1) is 18.2. The van der Waals surface area contributed by atoms with E-state index in [0.717, 1.165) is 60.9 Å². The number of para-hydroxylation sites is 1. The molecule has 5 rings (SSSR count). The van der Waals surface area contributed by atoms with Gasteiger partial charge >= 0.3 is 0 Å². The van der Waals surface area contributed by atoms with Crippen molar-refractivity contribution in [2.75, 3.05) is 36.0 Å². The van der Waals surface area contributed by atoms with Crippen molar-refractivity contribution in [3.05, 3.63) is 45.6 Å². The molecule has 28 heavy (non-hydrogen) atoms. The third-order valence-electron chi connectivity index (χ3n) is 6.02. The molecule has 1 saturated heterocycles. The van der Waals surface area contributed by atoms with Crippen LogP contribution in [0.3, 0.4) is 0 Å². The maximum absolute atomic E-state index is 6.41. The lowest BCUT2D eigenvalue weighted by Crippen LogP contribution is -2.47. The molecule has 0 N–H and O–H groups in total. The van der Waals surface area contributed by atoms with Crippen LogP contribution in [0.2, 0.25) is 5.02 Å². The topological polar surface area (TPSA) is 32.3 Å². The third-order valence-corrected chi connectivity index (χ3v) is 7.49. The van der Waals surface area contributed by atoms with Gasteiger partial charge in [0.1, 0.15) is 16.5 Å². The van der Waals surface area contributed by atoms with Gasteiger partial charge in [0.25, 0.3) is 0 Å². The number of aromatic nitrogens is 2. The maximum atomic E-state index is 6.41. The molecule has 1 atom stereocenters. The fourth-order valence-electron chi connectivity index (χ4n) is 4.52. The molecule has 3 heterocycles. The zero-order chi connectivity index (χ0) is 19.3. The molecule has 1 aliphatic carbocycles. The number of hydrogen-bond acceptors (Lipinski definition) is 5. The van der Waals surface area contributed by atoms with Crippen molar-refractivity contribution >= 4 is 44.7 Å². The standard InChI is InChI=1S/C22H25ClN4S/c1-14-7-8-16-19(13-14)28-22-20(16)21(24-15(2)25-22)27-11-9-26(10-12-27)18-6-4-3-5-17(18)23/h3-6,14H,7-13H2,1-2H3/t14-/m0/s1. The first-order valence-corrected chi connectivity index (χ1v) is 11.3. The second-order valence-corrected chi connectivity index (χ2v) is 9.54. The summed E-state index contributed by atoms with van der Waals surface area (Å²) < 4.78 is 0. The Morgan fingerprint density at radius 3 is 2.61 bits per heavy atom. The smallest absolute Gasteiger partial charge is 0.141 e. The summed E-state index contributed by atoms with van der Waals surface area (Å²) in [7, 11) is 0. The van der Waals surface area contributed by atoms with Gasteiger partial charge in [-0.3, -0.25) is 0 Å². The number of nitrogens with zero attached hydrogens (tertiary/aromatic N) is 4. The molecule has 0 saturated carbocycles. The highest BCUT2D eigenvalue weighted by Gasteiger charge is 2.27. The van der Waals surface area contributed by atoms with Crippen LogP contribution in [0.1, 0.15) is 29.6 Å². The van der Waals surface area contributed by atoms with Crippen molar-refractivity contribution in [3.8, 4) is 0 Å². The van der Waals surface area contributed by atoms with E-state index in [-0.39, 0.29) is 0 Å². The predicted molar refractivity (Wildman–Crippen MR) is 119 cm³/mol. The van der Waals surface area contributed by atoms with E-state index >= 15 is 0 Å². The second-order valence-electron chi connectivity index (χ2n) is 8.05. The molecule has 0 amide bonds. The van der Waals surface area contributed by atoms with Gasteiger partial charge in [-0.1, -0.05) is 30.7 Å². The van der Waals surface area contributed by atoms with Gasteiger partial charge in [-0.15, -0.1) is 11.3 Å². The Labute approximate surface area is 175 Å². The van der Waals surface area contributed by atoms with Crippen molar-refractivity contribution in [2.45, 2.75) is 33.1 Å². The van der Waals surface area contributed by atoms with Crippen molar-refractivity contribution in [3.63, 3.8) is 0 Å². The number of benzene rings is 1. The molecule has 0 unspecified atom stereocenters. The fraction of sp³-hybridized carbons (Fsp3) is 0.455. The molecule has 0 bridgehead atoms. The van der Waals surface area contributed by atoms with Gasteiger partial charge in [-0.25, -0.2) is 9.97 Å². The monoisotopic (exact) mass is 412 g/mol. The largest absolute Gasteiger partial charge is 0.367 e. The average Bonchev–Trinajstić information content (AvgIpc) is 3.05. The van der Waals surface area contributed by atoms with Gasteiger partial charge < -0.3 is 9.80 Å². The number of piperazine rings is 1. The van der Waals surface area contributed by atoms with E-state index in [1.54, 1.807) is 0 Å². The normalized spacial score (nSPS) is 19.9. The summed E-state index contributed by atoms with van der Waals surface area (Å²) in [5.74, 6) is 2.80. The van der Waals surface area contributed by atoms with E-state index in [0.29, 0.717) is 0 Å². The lowest BCUT2D eigenvalue weighted by Gasteiger charge is -2.37. The summed E-state index contributed by atoms with van der Waals surface area (Å²) in [6.45, 7) is 8.20. The minimum atomic E-state index is 0.775. The summed E-state index contributed by atoms with van der Waals surface area (Å²) >= 11 is 8.30. The van der Waals surface area contributed by atoms with Crippen LogP contribution in [-0.4, -0.2) is 36.1 Å². The Kier molecular flexibility index (Phi) is 4.68. The molecule has 6 heteroatoms. The van der Waals surface area contributed by atoms with Crippen LogP contribution in [0.5, 0.6) is 0 Å². The number of anilines is 2. The zero-order valence-corrected chi connectivity index (χ0v) is 18.0. The fourth-order valence-corrected chi connectivity index (χ4v) is 6.20. The first-order chi connectivity index (χ1) is 13.6. The van der Waals surface area contributed by atoms with Crippen LogP contribution >= 0.6 is 22.9 Å². The summed E-state index contributed by atoms with van der Waals surface area (Å²) in [6.07, 6.45) is 3.62. The Balaban J connectivity index is 1.46. The van der Waals surface area contributed by atoms with Crippen LogP contribution in [0, 0.1) is 12.8 Å². The minimum absolute atomic E-state index is 0.775. The number of halogens is 1. The van der Waals surface area contributed by atoms with E-state index < -0.39 is 0 Å². The van der Waals surface area contributed by atoms with Gasteiger partial charge in [0, 0.05) is 31.1 Å². The molecular formula is C22H25ClN4S. The molecule has 0 spiro atoms. The predicted octanol–water partition coefficient (Wildman–Crippen LogP) is 5.10. The van der Waals surface area contributed by atoms with Crippen LogP contribution in [0.4, 0.5) is 11.5 Å². The quantitative estimate of drug-likeness (QED) is 0.585. The number of thiophene rings is 1. The maximum Gasteiger partial charge on any atom is 0.141 e. The summed E-state index contributed by atoms with van der Waals surface area (Å²) in [5.41, 5.74) is 2.65. The molecule has 3 aromatic rings. The number of aryl methyl sites for hydroxylation is 2. The number of hydrogen-bond donors (Lipinski definition) is 0. The van der Waals surface area contributed by atoms with Crippen molar-refractivity contribution in [1.29, 1.82) is 0 Å². The molecule has 1 aliphatic heterocycles. The van der Waals surface area contributed by atoms with Crippen LogP contribution in [0.25, 0.3) is 10.2 Å². The van der Waals surface area contributed by atoms with E-state index in [1.165, 1.54) is 33.5 Å². The van der Waals surface area contributed by atoms with Gasteiger partial charge in [-0.2, -0.15) is 0 Å². The van der Waals surface area contributed by atoms with Crippen molar-refractivity contribution in [1.82, 2.24) is 9.97 Å². The second kappa shape index (κ2) is 7.20. The molecule has 1 aromatic carbocycles. The summed E-state index contributed by atoms with van der Waals surface area (Å²) in [4.78, 5) is 17.3. The van der Waals surface area contributed by atoms with Crippen molar-refractivity contribution < 1.29 is 0 Å². The highest BCUT2D eigenvalue weighted by atomic mass is 35.5. The first-order valence-electron chi connectivity index (χ1n) is 10.1.